The van der Waals surface area contributed by atoms with Crippen LogP contribution in [0.4, 0.5) is 0 Å². The lowest BCUT2D eigenvalue weighted by atomic mass is 9.88. The minimum atomic E-state index is -0.841. The van der Waals surface area contributed by atoms with E-state index in [-0.39, 0.29) is 11.7 Å². The van der Waals surface area contributed by atoms with Crippen LogP contribution in [0, 0.1) is 11.8 Å². The van der Waals surface area contributed by atoms with E-state index in [9.17, 15) is 9.59 Å². The molecule has 1 N–H and O–H groups in total. The predicted octanol–water partition coefficient (Wildman–Crippen LogP) is 3.09. The fourth-order valence-electron chi connectivity index (χ4n) is 2.54. The van der Waals surface area contributed by atoms with Crippen LogP contribution in [0.3, 0.4) is 0 Å². The Kier molecular flexibility index (Phi) is 4.07. The number of aliphatic carboxylic acids is 1. The number of hydrogen-bond donors (Lipinski definition) is 1. The van der Waals surface area contributed by atoms with E-state index in [0.717, 1.165) is 11.3 Å². The van der Waals surface area contributed by atoms with Gasteiger partial charge in [-0.1, -0.05) is 18.6 Å². The van der Waals surface area contributed by atoms with E-state index >= 15 is 0 Å². The van der Waals surface area contributed by atoms with Crippen LogP contribution >= 0.6 is 11.8 Å². The highest BCUT2D eigenvalue weighted by Gasteiger charge is 2.37. The third-order valence-corrected chi connectivity index (χ3v) is 4.29. The number of Topliss-reactive ketones (excluding diaryl/α,β-unsaturated/α-hetero) is 1. The van der Waals surface area contributed by atoms with Crippen LogP contribution in [0.25, 0.3) is 0 Å². The zero-order valence-electron chi connectivity index (χ0n) is 10.3. The number of thioether (sulfide) groups is 1. The van der Waals surface area contributed by atoms with Crippen LogP contribution in [0.1, 0.15) is 29.6 Å². The monoisotopic (exact) mass is 264 g/mol. The van der Waals surface area contributed by atoms with E-state index in [2.05, 4.69) is 0 Å². The molecule has 18 heavy (non-hydrogen) atoms. The maximum Gasteiger partial charge on any atom is 0.307 e. The van der Waals surface area contributed by atoms with Crippen molar-refractivity contribution in [3.05, 3.63) is 29.8 Å². The van der Waals surface area contributed by atoms with Crippen molar-refractivity contribution in [3.63, 3.8) is 0 Å². The molecule has 0 spiro atoms. The smallest absolute Gasteiger partial charge is 0.307 e. The summed E-state index contributed by atoms with van der Waals surface area (Å²) in [5, 5.41) is 9.11. The highest BCUT2D eigenvalue weighted by molar-refractivity contribution is 7.98. The molecule has 0 radical (unpaired) electrons. The number of carbonyl (C=O) groups excluding carboxylic acids is 1. The summed E-state index contributed by atoms with van der Waals surface area (Å²) in [5.41, 5.74) is 0.631. The molecule has 4 heteroatoms. The number of hydrogen-bond acceptors (Lipinski definition) is 3. The molecule has 0 heterocycles. The van der Waals surface area contributed by atoms with Gasteiger partial charge in [-0.3, -0.25) is 9.59 Å². The van der Waals surface area contributed by atoms with Crippen LogP contribution in [0.15, 0.2) is 29.2 Å². The van der Waals surface area contributed by atoms with Crippen molar-refractivity contribution < 1.29 is 14.7 Å². The van der Waals surface area contributed by atoms with Gasteiger partial charge in [0.2, 0.25) is 0 Å². The van der Waals surface area contributed by atoms with E-state index < -0.39 is 11.9 Å². The molecule has 0 bridgehead atoms. The summed E-state index contributed by atoms with van der Waals surface area (Å²) in [6.45, 7) is 0. The maximum atomic E-state index is 12.3. The Morgan fingerprint density at radius 2 is 1.78 bits per heavy atom. The van der Waals surface area contributed by atoms with E-state index in [1.807, 2.05) is 18.4 Å². The molecule has 96 valence electrons. The number of benzene rings is 1. The quantitative estimate of drug-likeness (QED) is 0.670. The van der Waals surface area contributed by atoms with Crippen molar-refractivity contribution in [1.29, 1.82) is 0 Å². The van der Waals surface area contributed by atoms with Crippen LogP contribution in [0.2, 0.25) is 0 Å². The van der Waals surface area contributed by atoms with E-state index in [1.54, 1.807) is 23.9 Å². The Bertz CT molecular complexity index is 453. The topological polar surface area (TPSA) is 54.4 Å². The second kappa shape index (κ2) is 5.57. The molecule has 3 nitrogen and oxygen atoms in total. The fraction of sp³-hybridized carbons (Fsp3) is 0.429. The number of ketones is 1. The van der Waals surface area contributed by atoms with E-state index in [1.165, 1.54) is 0 Å². The molecule has 1 aromatic carbocycles. The SMILES string of the molecule is CSc1ccc(C(=O)[C@@H]2CCC[C@@H]2C(=O)O)cc1. The fourth-order valence-corrected chi connectivity index (χ4v) is 2.95. The van der Waals surface area contributed by atoms with Gasteiger partial charge in [0, 0.05) is 16.4 Å². The minimum absolute atomic E-state index is 0.0208. The summed E-state index contributed by atoms with van der Waals surface area (Å²) in [6, 6.07) is 7.40. The molecule has 1 aliphatic rings. The summed E-state index contributed by atoms with van der Waals surface area (Å²) in [6.07, 6.45) is 4.12. The van der Waals surface area contributed by atoms with Gasteiger partial charge in [0.25, 0.3) is 0 Å². The second-order valence-electron chi connectivity index (χ2n) is 4.57. The highest BCUT2D eigenvalue weighted by atomic mass is 32.2. The van der Waals surface area contributed by atoms with Crippen molar-refractivity contribution in [3.8, 4) is 0 Å². The minimum Gasteiger partial charge on any atom is -0.481 e. The lowest BCUT2D eigenvalue weighted by Crippen LogP contribution is -2.25. The third-order valence-electron chi connectivity index (χ3n) is 3.54. The van der Waals surface area contributed by atoms with Crippen molar-refractivity contribution in [2.24, 2.45) is 11.8 Å². The van der Waals surface area contributed by atoms with Gasteiger partial charge in [-0.25, -0.2) is 0 Å². The van der Waals surface area contributed by atoms with Crippen molar-refractivity contribution in [1.82, 2.24) is 0 Å². The van der Waals surface area contributed by atoms with Gasteiger partial charge >= 0.3 is 5.97 Å². The molecule has 0 aromatic heterocycles. The molecule has 0 saturated heterocycles. The second-order valence-corrected chi connectivity index (χ2v) is 5.45. The molecule has 1 aromatic rings. The van der Waals surface area contributed by atoms with Gasteiger partial charge < -0.3 is 5.11 Å². The zero-order valence-corrected chi connectivity index (χ0v) is 11.1. The van der Waals surface area contributed by atoms with E-state index in [4.69, 9.17) is 5.11 Å². The third kappa shape index (κ3) is 2.58. The Hall–Kier alpha value is -1.29. The van der Waals surface area contributed by atoms with Crippen molar-refractivity contribution in [2.75, 3.05) is 6.26 Å². The summed E-state index contributed by atoms with van der Waals surface area (Å²) in [5.74, 6) is -1.71. The summed E-state index contributed by atoms with van der Waals surface area (Å²) in [4.78, 5) is 24.5. The maximum absolute atomic E-state index is 12.3. The van der Waals surface area contributed by atoms with Gasteiger partial charge in [-0.15, -0.1) is 11.8 Å². The summed E-state index contributed by atoms with van der Waals surface area (Å²) in [7, 11) is 0. The lowest BCUT2D eigenvalue weighted by Gasteiger charge is -2.14. The number of carbonyl (C=O) groups is 2. The molecule has 2 rings (SSSR count). The molecular weight excluding hydrogens is 248 g/mol. The Morgan fingerprint density at radius 1 is 1.17 bits per heavy atom. The van der Waals surface area contributed by atoms with Gasteiger partial charge in [0.15, 0.2) is 5.78 Å². The van der Waals surface area contributed by atoms with Crippen LogP contribution in [-0.2, 0) is 4.79 Å². The Labute approximate surface area is 111 Å². The lowest BCUT2D eigenvalue weighted by molar-refractivity contribution is -0.142. The van der Waals surface area contributed by atoms with Gasteiger partial charge in [-0.05, 0) is 31.2 Å². The van der Waals surface area contributed by atoms with Crippen molar-refractivity contribution >= 4 is 23.5 Å². The molecule has 0 amide bonds. The van der Waals surface area contributed by atoms with Gasteiger partial charge in [0.05, 0.1) is 5.92 Å². The average molecular weight is 264 g/mol. The molecule has 1 fully saturated rings. The number of rotatable bonds is 4. The number of carboxylic acids is 1. The molecular formula is C14H16O3S. The molecule has 1 saturated carbocycles. The summed E-state index contributed by atoms with van der Waals surface area (Å²) < 4.78 is 0. The molecule has 0 aliphatic heterocycles. The Balaban J connectivity index is 2.17. The van der Waals surface area contributed by atoms with Crippen LogP contribution < -0.4 is 0 Å². The van der Waals surface area contributed by atoms with Gasteiger partial charge in [0.1, 0.15) is 0 Å². The Morgan fingerprint density at radius 3 is 2.33 bits per heavy atom. The average Bonchev–Trinajstić information content (AvgIpc) is 2.87. The zero-order chi connectivity index (χ0) is 13.1. The standard InChI is InChI=1S/C14H16O3S/c1-18-10-7-5-9(6-8-10)13(15)11-3-2-4-12(11)14(16)17/h5-8,11-12H,2-4H2,1H3,(H,16,17)/t11-,12+/m1/s1. The number of carboxylic acid groups (broad SMARTS) is 1. The first-order valence-electron chi connectivity index (χ1n) is 6.04. The first kappa shape index (κ1) is 13.1. The van der Waals surface area contributed by atoms with Crippen LogP contribution in [-0.4, -0.2) is 23.1 Å². The van der Waals surface area contributed by atoms with Crippen molar-refractivity contribution in [2.45, 2.75) is 24.2 Å². The highest BCUT2D eigenvalue weighted by Crippen LogP contribution is 2.34. The predicted molar refractivity (Wildman–Crippen MR) is 71.0 cm³/mol. The van der Waals surface area contributed by atoms with E-state index in [0.29, 0.717) is 18.4 Å². The van der Waals surface area contributed by atoms with Crippen LogP contribution in [0.5, 0.6) is 0 Å². The molecule has 1 aliphatic carbocycles. The largest absolute Gasteiger partial charge is 0.481 e. The summed E-state index contributed by atoms with van der Waals surface area (Å²) >= 11 is 1.62. The molecule has 0 unspecified atom stereocenters. The normalized spacial score (nSPS) is 22.9. The first-order chi connectivity index (χ1) is 8.63. The molecule has 2 atom stereocenters. The first-order valence-corrected chi connectivity index (χ1v) is 7.27. The van der Waals surface area contributed by atoms with Gasteiger partial charge in [-0.2, -0.15) is 0 Å².